The predicted molar refractivity (Wildman–Crippen MR) is 93.7 cm³/mol. The van der Waals surface area contributed by atoms with E-state index >= 15 is 0 Å². The van der Waals surface area contributed by atoms with Crippen LogP contribution in [0.1, 0.15) is 48.4 Å². The second kappa shape index (κ2) is 7.13. The molecule has 128 valence electrons. The Kier molecular flexibility index (Phi) is 4.94. The van der Waals surface area contributed by atoms with E-state index < -0.39 is 0 Å². The van der Waals surface area contributed by atoms with Crippen LogP contribution in [0, 0.1) is 0 Å². The zero-order valence-electron chi connectivity index (χ0n) is 14.6. The summed E-state index contributed by atoms with van der Waals surface area (Å²) in [6, 6.07) is 8.76. The van der Waals surface area contributed by atoms with Crippen LogP contribution in [-0.4, -0.2) is 58.1 Å². The lowest BCUT2D eigenvalue weighted by molar-refractivity contribution is 0.0816. The first-order valence-corrected chi connectivity index (χ1v) is 8.54. The topological polar surface area (TPSA) is 65.1 Å². The molecule has 1 saturated heterocycles. The number of likely N-dealkylation sites (tertiary alicyclic amines) is 1. The van der Waals surface area contributed by atoms with Gasteiger partial charge in [-0.15, -0.1) is 0 Å². The monoisotopic (exact) mass is 327 g/mol. The molecule has 1 aliphatic rings. The van der Waals surface area contributed by atoms with Crippen LogP contribution < -0.4 is 0 Å². The van der Waals surface area contributed by atoms with E-state index in [-0.39, 0.29) is 11.7 Å². The third kappa shape index (κ3) is 3.48. The lowest BCUT2D eigenvalue weighted by Gasteiger charge is -2.32. The summed E-state index contributed by atoms with van der Waals surface area (Å²) in [7, 11) is 3.39. The Bertz CT molecular complexity index is 686. The van der Waals surface area contributed by atoms with Crippen molar-refractivity contribution in [1.82, 2.24) is 25.0 Å². The van der Waals surface area contributed by atoms with Crippen LogP contribution in [0.25, 0.3) is 11.4 Å². The molecule has 3 rings (SSSR count). The van der Waals surface area contributed by atoms with Crippen LogP contribution in [0.4, 0.5) is 0 Å². The molecule has 1 atom stereocenters. The van der Waals surface area contributed by atoms with E-state index in [9.17, 15) is 4.79 Å². The summed E-state index contributed by atoms with van der Waals surface area (Å²) in [5.41, 5.74) is 2.22. The van der Waals surface area contributed by atoms with Crippen LogP contribution in [0.15, 0.2) is 24.3 Å². The fraction of sp³-hybridized carbons (Fsp3) is 0.500. The summed E-state index contributed by atoms with van der Waals surface area (Å²) < 4.78 is 0. The number of carbonyl (C=O) groups is 1. The highest BCUT2D eigenvalue weighted by molar-refractivity contribution is 5.90. The minimum Gasteiger partial charge on any atom is -0.342 e. The van der Waals surface area contributed by atoms with Crippen LogP contribution in [0.5, 0.6) is 0 Å². The normalized spacial score (nSPS) is 16.8. The molecule has 0 spiro atoms. The Morgan fingerprint density at radius 3 is 2.46 bits per heavy atom. The van der Waals surface area contributed by atoms with Crippen LogP contribution in [0.3, 0.4) is 0 Å². The standard InChI is InChI=1S/C18H25N5O/c1-13(23-11-5-4-6-12-23)14-7-9-15(10-8-14)16-19-17(21-20-16)18(24)22(2)3/h7-10,13H,4-6,11-12H2,1-3H3,(H,19,20,21)/t13-/m1/s1. The van der Waals surface area contributed by atoms with Crippen LogP contribution >= 0.6 is 0 Å². The van der Waals surface area contributed by atoms with E-state index in [1.165, 1.54) is 42.8 Å². The smallest absolute Gasteiger partial charge is 0.290 e. The summed E-state index contributed by atoms with van der Waals surface area (Å²) >= 11 is 0. The van der Waals surface area contributed by atoms with Gasteiger partial charge in [0.15, 0.2) is 5.82 Å². The maximum absolute atomic E-state index is 11.9. The summed E-state index contributed by atoms with van der Waals surface area (Å²) in [4.78, 5) is 20.2. The predicted octanol–water partition coefficient (Wildman–Crippen LogP) is 2.72. The number of aromatic nitrogens is 3. The Hall–Kier alpha value is -2.21. The van der Waals surface area contributed by atoms with Crippen molar-refractivity contribution in [2.24, 2.45) is 0 Å². The van der Waals surface area contributed by atoms with Gasteiger partial charge in [0.05, 0.1) is 0 Å². The summed E-state index contributed by atoms with van der Waals surface area (Å²) in [6.45, 7) is 4.63. The Morgan fingerprint density at radius 2 is 1.83 bits per heavy atom. The van der Waals surface area contributed by atoms with Crippen molar-refractivity contribution in [2.45, 2.75) is 32.2 Å². The van der Waals surface area contributed by atoms with Gasteiger partial charge in [-0.1, -0.05) is 30.7 Å². The third-order valence-electron chi connectivity index (χ3n) is 4.68. The van der Waals surface area contributed by atoms with Crippen molar-refractivity contribution < 1.29 is 4.79 Å². The number of carbonyl (C=O) groups excluding carboxylic acids is 1. The highest BCUT2D eigenvalue weighted by atomic mass is 16.2. The highest BCUT2D eigenvalue weighted by Gasteiger charge is 2.19. The van der Waals surface area contributed by atoms with Gasteiger partial charge in [-0.05, 0) is 38.4 Å². The molecular weight excluding hydrogens is 302 g/mol. The van der Waals surface area contributed by atoms with E-state index in [0.717, 1.165) is 5.56 Å². The van der Waals surface area contributed by atoms with Crippen molar-refractivity contribution in [2.75, 3.05) is 27.2 Å². The van der Waals surface area contributed by atoms with Gasteiger partial charge < -0.3 is 4.90 Å². The SMILES string of the molecule is C[C@H](c1ccc(-c2n[nH]c(C(=O)N(C)C)n2)cc1)N1CCCCC1. The van der Waals surface area contributed by atoms with Crippen molar-refractivity contribution in [1.29, 1.82) is 0 Å². The molecule has 1 amide bonds. The molecule has 0 aliphatic carbocycles. The first-order valence-electron chi connectivity index (χ1n) is 8.54. The van der Waals surface area contributed by atoms with Crippen molar-refractivity contribution in [3.63, 3.8) is 0 Å². The summed E-state index contributed by atoms with van der Waals surface area (Å²) in [5.74, 6) is 0.641. The second-order valence-electron chi connectivity index (χ2n) is 6.60. The van der Waals surface area contributed by atoms with Gasteiger partial charge in [0.2, 0.25) is 5.82 Å². The number of nitrogens with zero attached hydrogens (tertiary/aromatic N) is 4. The number of hydrogen-bond acceptors (Lipinski definition) is 4. The molecule has 1 aliphatic heterocycles. The van der Waals surface area contributed by atoms with E-state index in [4.69, 9.17) is 0 Å². The second-order valence-corrected chi connectivity index (χ2v) is 6.60. The van der Waals surface area contributed by atoms with Crippen molar-refractivity contribution >= 4 is 5.91 Å². The molecule has 0 bridgehead atoms. The minimum atomic E-state index is -0.177. The molecule has 1 fully saturated rings. The largest absolute Gasteiger partial charge is 0.342 e. The molecule has 6 heteroatoms. The summed E-state index contributed by atoms with van der Waals surface area (Å²) in [6.07, 6.45) is 3.94. The van der Waals surface area contributed by atoms with Crippen molar-refractivity contribution in [3.8, 4) is 11.4 Å². The number of piperidine rings is 1. The maximum Gasteiger partial charge on any atom is 0.290 e. The van der Waals surface area contributed by atoms with Gasteiger partial charge in [0.25, 0.3) is 5.91 Å². The first kappa shape index (κ1) is 16.6. The third-order valence-corrected chi connectivity index (χ3v) is 4.68. The number of nitrogens with one attached hydrogen (secondary N) is 1. The highest BCUT2D eigenvalue weighted by Crippen LogP contribution is 2.25. The van der Waals surface area contributed by atoms with Gasteiger partial charge in [0, 0.05) is 25.7 Å². The lowest BCUT2D eigenvalue weighted by Crippen LogP contribution is -2.32. The number of benzene rings is 1. The Balaban J connectivity index is 1.73. The Labute approximate surface area is 142 Å². The molecule has 1 N–H and O–H groups in total. The molecular formula is C18H25N5O. The molecule has 2 heterocycles. The zero-order valence-corrected chi connectivity index (χ0v) is 14.6. The molecule has 6 nitrogen and oxygen atoms in total. The fourth-order valence-electron chi connectivity index (χ4n) is 3.13. The Morgan fingerprint density at radius 1 is 1.17 bits per heavy atom. The molecule has 0 unspecified atom stereocenters. The van der Waals surface area contributed by atoms with Gasteiger partial charge >= 0.3 is 0 Å². The van der Waals surface area contributed by atoms with E-state index in [1.54, 1.807) is 14.1 Å². The molecule has 0 saturated carbocycles. The fourth-order valence-corrected chi connectivity index (χ4v) is 3.13. The van der Waals surface area contributed by atoms with Gasteiger partial charge in [0.1, 0.15) is 0 Å². The van der Waals surface area contributed by atoms with Crippen molar-refractivity contribution in [3.05, 3.63) is 35.7 Å². The number of rotatable bonds is 4. The molecule has 1 aromatic carbocycles. The molecule has 2 aromatic rings. The summed E-state index contributed by atoms with van der Waals surface area (Å²) in [5, 5.41) is 6.87. The number of amides is 1. The average Bonchev–Trinajstić information content (AvgIpc) is 3.11. The van der Waals surface area contributed by atoms with E-state index in [0.29, 0.717) is 11.9 Å². The van der Waals surface area contributed by atoms with E-state index in [1.807, 2.05) is 12.1 Å². The van der Waals surface area contributed by atoms with Gasteiger partial charge in [-0.3, -0.25) is 14.8 Å². The quantitative estimate of drug-likeness (QED) is 0.938. The number of H-pyrrole nitrogens is 1. The maximum atomic E-state index is 11.9. The molecule has 0 radical (unpaired) electrons. The molecule has 24 heavy (non-hydrogen) atoms. The minimum absolute atomic E-state index is 0.177. The zero-order chi connectivity index (χ0) is 17.1. The first-order chi connectivity index (χ1) is 11.6. The van der Waals surface area contributed by atoms with Crippen LogP contribution in [0.2, 0.25) is 0 Å². The average molecular weight is 327 g/mol. The van der Waals surface area contributed by atoms with Gasteiger partial charge in [-0.2, -0.15) is 5.10 Å². The van der Waals surface area contributed by atoms with Crippen LogP contribution in [-0.2, 0) is 0 Å². The number of hydrogen-bond donors (Lipinski definition) is 1. The molecule has 1 aromatic heterocycles. The lowest BCUT2D eigenvalue weighted by atomic mass is 10.0. The number of aromatic amines is 1. The van der Waals surface area contributed by atoms with E-state index in [2.05, 4.69) is 39.1 Å². The van der Waals surface area contributed by atoms with Gasteiger partial charge in [-0.25, -0.2) is 4.98 Å².